The molecule has 0 unspecified atom stereocenters. The van der Waals surface area contributed by atoms with Crippen molar-refractivity contribution in [2.75, 3.05) is 0 Å². The lowest BCUT2D eigenvalue weighted by molar-refractivity contribution is -0.141. The number of carbonyl (C=O) groups excluding carboxylic acids is 2. The molecule has 0 aliphatic heterocycles. The summed E-state index contributed by atoms with van der Waals surface area (Å²) in [5.74, 6) is -0.0899. The quantitative estimate of drug-likeness (QED) is 0.338. The van der Waals surface area contributed by atoms with Crippen molar-refractivity contribution < 1.29 is 9.59 Å². The highest BCUT2D eigenvalue weighted by molar-refractivity contribution is 9.10. The zero-order valence-corrected chi connectivity index (χ0v) is 22.5. The first kappa shape index (κ1) is 26.2. The van der Waals surface area contributed by atoms with E-state index in [1.807, 2.05) is 85.8 Å². The third-order valence-electron chi connectivity index (χ3n) is 7.09. The van der Waals surface area contributed by atoms with Crippen molar-refractivity contribution in [3.63, 3.8) is 0 Å². The molecule has 1 atom stereocenters. The topological polar surface area (TPSA) is 49.4 Å². The summed E-state index contributed by atoms with van der Waals surface area (Å²) < 4.78 is 0.986. The maximum atomic E-state index is 13.9. The summed E-state index contributed by atoms with van der Waals surface area (Å²) in [5.41, 5.74) is 4.13. The van der Waals surface area contributed by atoms with Gasteiger partial charge < -0.3 is 10.2 Å². The van der Waals surface area contributed by atoms with E-state index in [0.29, 0.717) is 13.0 Å². The first-order valence-electron chi connectivity index (χ1n) is 12.9. The van der Waals surface area contributed by atoms with Crippen LogP contribution in [0, 0.1) is 6.92 Å². The molecule has 1 N–H and O–H groups in total. The maximum Gasteiger partial charge on any atom is 0.243 e. The van der Waals surface area contributed by atoms with Crippen molar-refractivity contribution in [1.29, 1.82) is 0 Å². The van der Waals surface area contributed by atoms with Crippen LogP contribution >= 0.6 is 15.9 Å². The Morgan fingerprint density at radius 3 is 2.25 bits per heavy atom. The van der Waals surface area contributed by atoms with Crippen LogP contribution < -0.4 is 5.32 Å². The molecule has 0 aromatic heterocycles. The minimum atomic E-state index is -0.588. The van der Waals surface area contributed by atoms with Gasteiger partial charge in [-0.05, 0) is 54.2 Å². The molecule has 36 heavy (non-hydrogen) atoms. The number of carbonyl (C=O) groups is 2. The van der Waals surface area contributed by atoms with E-state index in [2.05, 4.69) is 21.2 Å². The molecule has 0 spiro atoms. The Bertz CT molecular complexity index is 1140. The van der Waals surface area contributed by atoms with E-state index in [-0.39, 0.29) is 24.3 Å². The molecule has 1 fully saturated rings. The van der Waals surface area contributed by atoms with Gasteiger partial charge in [-0.2, -0.15) is 0 Å². The molecule has 2 amide bonds. The normalized spacial score (nSPS) is 14.7. The molecule has 0 saturated heterocycles. The Morgan fingerprint density at radius 1 is 0.889 bits per heavy atom. The van der Waals surface area contributed by atoms with Crippen molar-refractivity contribution in [3.05, 3.63) is 106 Å². The van der Waals surface area contributed by atoms with Gasteiger partial charge in [0.05, 0.1) is 6.42 Å². The van der Waals surface area contributed by atoms with E-state index in [4.69, 9.17) is 0 Å². The fourth-order valence-electron chi connectivity index (χ4n) is 4.96. The smallest absolute Gasteiger partial charge is 0.243 e. The van der Waals surface area contributed by atoms with Crippen LogP contribution in [-0.2, 0) is 29.0 Å². The number of nitrogens with one attached hydrogen (secondary N) is 1. The lowest BCUT2D eigenvalue weighted by atomic mass is 9.94. The van der Waals surface area contributed by atoms with Crippen molar-refractivity contribution in [2.24, 2.45) is 0 Å². The number of rotatable bonds is 9. The van der Waals surface area contributed by atoms with Gasteiger partial charge in [-0.1, -0.05) is 102 Å². The van der Waals surface area contributed by atoms with Crippen LogP contribution in [0.1, 0.15) is 54.4 Å². The van der Waals surface area contributed by atoms with Crippen molar-refractivity contribution >= 4 is 27.7 Å². The highest BCUT2D eigenvalue weighted by Crippen LogP contribution is 2.21. The molecule has 1 aliphatic rings. The highest BCUT2D eigenvalue weighted by atomic mass is 79.9. The number of halogens is 1. The number of aryl methyl sites for hydroxylation is 1. The predicted octanol–water partition coefficient (Wildman–Crippen LogP) is 6.39. The molecule has 0 radical (unpaired) electrons. The SMILES string of the molecule is Cc1ccccc1CC(=O)N(Cc1ccc(Br)cc1)[C@@H](Cc1ccccc1)C(=O)NC1CCCCC1. The van der Waals surface area contributed by atoms with Gasteiger partial charge in [-0.25, -0.2) is 0 Å². The fourth-order valence-corrected chi connectivity index (χ4v) is 5.22. The summed E-state index contributed by atoms with van der Waals surface area (Å²) in [6.07, 6.45) is 6.28. The number of hydrogen-bond acceptors (Lipinski definition) is 2. The first-order chi connectivity index (χ1) is 17.5. The Hall–Kier alpha value is -2.92. The van der Waals surface area contributed by atoms with Gasteiger partial charge in [0.2, 0.25) is 11.8 Å². The standard InChI is InChI=1S/C31H35BrN2O2/c1-23-10-8-9-13-26(23)21-30(35)34(22-25-16-18-27(32)19-17-25)29(20-24-11-4-2-5-12-24)31(36)33-28-14-6-3-7-15-28/h2,4-5,8-13,16-19,28-29H,3,6-7,14-15,20-22H2,1H3,(H,33,36)/t29-/m0/s1. The van der Waals surface area contributed by atoms with Gasteiger partial charge >= 0.3 is 0 Å². The molecule has 3 aromatic rings. The van der Waals surface area contributed by atoms with Gasteiger partial charge in [-0.3, -0.25) is 9.59 Å². The second-order valence-electron chi connectivity index (χ2n) is 9.80. The zero-order valence-electron chi connectivity index (χ0n) is 21.0. The Labute approximate surface area is 223 Å². The minimum Gasteiger partial charge on any atom is -0.352 e. The monoisotopic (exact) mass is 546 g/mol. The van der Waals surface area contributed by atoms with E-state index < -0.39 is 6.04 Å². The summed E-state index contributed by atoms with van der Waals surface area (Å²) in [5, 5.41) is 3.30. The molecule has 188 valence electrons. The minimum absolute atomic E-state index is 0.0352. The molecule has 0 heterocycles. The second-order valence-corrected chi connectivity index (χ2v) is 10.7. The number of benzene rings is 3. The zero-order chi connectivity index (χ0) is 25.3. The Kier molecular flexibility index (Phi) is 9.35. The molecule has 1 aliphatic carbocycles. The number of hydrogen-bond donors (Lipinski definition) is 1. The predicted molar refractivity (Wildman–Crippen MR) is 149 cm³/mol. The summed E-state index contributed by atoms with van der Waals surface area (Å²) in [4.78, 5) is 29.5. The number of nitrogens with zero attached hydrogens (tertiary/aromatic N) is 1. The molecular weight excluding hydrogens is 512 g/mol. The van der Waals surface area contributed by atoms with E-state index >= 15 is 0 Å². The van der Waals surface area contributed by atoms with Crippen LogP contribution in [0.15, 0.2) is 83.3 Å². The van der Waals surface area contributed by atoms with Gasteiger partial charge in [0, 0.05) is 23.5 Å². The van der Waals surface area contributed by atoms with Crippen LogP contribution in [0.25, 0.3) is 0 Å². The molecule has 1 saturated carbocycles. The summed E-state index contributed by atoms with van der Waals surface area (Å²) in [6, 6.07) is 25.6. The summed E-state index contributed by atoms with van der Waals surface area (Å²) in [7, 11) is 0. The van der Waals surface area contributed by atoms with E-state index in [1.165, 1.54) is 6.42 Å². The van der Waals surface area contributed by atoms with Gasteiger partial charge in [0.25, 0.3) is 0 Å². The van der Waals surface area contributed by atoms with E-state index in [1.54, 1.807) is 4.90 Å². The van der Waals surface area contributed by atoms with Crippen molar-refractivity contribution in [1.82, 2.24) is 10.2 Å². The molecule has 5 heteroatoms. The maximum absolute atomic E-state index is 13.9. The molecule has 0 bridgehead atoms. The Morgan fingerprint density at radius 2 is 1.56 bits per heavy atom. The van der Waals surface area contributed by atoms with Gasteiger partial charge in [0.1, 0.15) is 6.04 Å². The van der Waals surface area contributed by atoms with Crippen LogP contribution in [0.2, 0.25) is 0 Å². The second kappa shape index (κ2) is 12.9. The van der Waals surface area contributed by atoms with Crippen LogP contribution in [0.4, 0.5) is 0 Å². The number of amides is 2. The van der Waals surface area contributed by atoms with Gasteiger partial charge in [-0.15, -0.1) is 0 Å². The van der Waals surface area contributed by atoms with Gasteiger partial charge in [0.15, 0.2) is 0 Å². The molecule has 4 rings (SSSR count). The van der Waals surface area contributed by atoms with E-state index in [0.717, 1.165) is 52.4 Å². The average molecular weight is 548 g/mol. The van der Waals surface area contributed by atoms with Crippen molar-refractivity contribution in [3.8, 4) is 0 Å². The van der Waals surface area contributed by atoms with Crippen LogP contribution in [0.3, 0.4) is 0 Å². The lowest BCUT2D eigenvalue weighted by Gasteiger charge is -2.33. The average Bonchev–Trinajstić information content (AvgIpc) is 2.89. The van der Waals surface area contributed by atoms with Crippen molar-refractivity contribution in [2.45, 2.75) is 70.5 Å². The summed E-state index contributed by atoms with van der Waals surface area (Å²) >= 11 is 3.50. The highest BCUT2D eigenvalue weighted by Gasteiger charge is 2.32. The van der Waals surface area contributed by atoms with Crippen LogP contribution in [-0.4, -0.2) is 28.8 Å². The fraction of sp³-hybridized carbons (Fsp3) is 0.355. The molecule has 3 aromatic carbocycles. The third kappa shape index (κ3) is 7.30. The Balaban J connectivity index is 1.65. The molecular formula is C31H35BrN2O2. The van der Waals surface area contributed by atoms with Crippen LogP contribution in [0.5, 0.6) is 0 Å². The largest absolute Gasteiger partial charge is 0.352 e. The molecule has 4 nitrogen and oxygen atoms in total. The third-order valence-corrected chi connectivity index (χ3v) is 7.62. The lowest BCUT2D eigenvalue weighted by Crippen LogP contribution is -2.53. The first-order valence-corrected chi connectivity index (χ1v) is 13.7. The summed E-state index contributed by atoms with van der Waals surface area (Å²) in [6.45, 7) is 2.41. The van der Waals surface area contributed by atoms with E-state index in [9.17, 15) is 9.59 Å².